The molecule has 0 spiro atoms. The second kappa shape index (κ2) is 5.59. The average Bonchev–Trinajstić information content (AvgIpc) is 2.02. The Kier molecular flexibility index (Phi) is 5.57. The molecule has 2 atom stereocenters. The highest BCUT2D eigenvalue weighted by Gasteiger charge is 2.13. The zero-order valence-corrected chi connectivity index (χ0v) is 8.72. The van der Waals surface area contributed by atoms with Gasteiger partial charge in [-0.25, -0.2) is 0 Å². The molecule has 0 aromatic heterocycles. The summed E-state index contributed by atoms with van der Waals surface area (Å²) in [7, 11) is 2.21. The Labute approximate surface area is 71.8 Å². The molecule has 0 aliphatic rings. The highest BCUT2D eigenvalue weighted by molar-refractivity contribution is 4.68. The number of nitrogens with zero attached hydrogens (tertiary/aromatic N) is 1. The van der Waals surface area contributed by atoms with Crippen molar-refractivity contribution >= 4 is 0 Å². The van der Waals surface area contributed by atoms with Crippen molar-refractivity contribution in [2.45, 2.75) is 46.6 Å². The smallest absolute Gasteiger partial charge is 0.00893 e. The van der Waals surface area contributed by atoms with Gasteiger partial charge in [0.2, 0.25) is 0 Å². The Bertz CT molecular complexity index is 90.9. The van der Waals surface area contributed by atoms with Crippen molar-refractivity contribution < 1.29 is 0 Å². The minimum Gasteiger partial charge on any atom is -0.304 e. The first-order chi connectivity index (χ1) is 5.13. The summed E-state index contributed by atoms with van der Waals surface area (Å²) in [5, 5.41) is 0. The van der Waals surface area contributed by atoms with Gasteiger partial charge in [-0.3, -0.25) is 0 Å². The lowest BCUT2D eigenvalue weighted by Crippen LogP contribution is -2.34. The molecule has 0 aromatic rings. The zero-order chi connectivity index (χ0) is 8.85. The van der Waals surface area contributed by atoms with Crippen molar-refractivity contribution in [3.8, 4) is 0 Å². The summed E-state index contributed by atoms with van der Waals surface area (Å²) in [6.45, 7) is 10.3. The molecule has 0 aromatic carbocycles. The molecule has 1 unspecified atom stereocenters. The van der Waals surface area contributed by atoms with Crippen molar-refractivity contribution in [1.29, 1.82) is 0 Å². The minimum absolute atomic E-state index is 0.736. The van der Waals surface area contributed by atoms with Crippen LogP contribution in [0.3, 0.4) is 0 Å². The van der Waals surface area contributed by atoms with E-state index in [4.69, 9.17) is 0 Å². The van der Waals surface area contributed by atoms with Gasteiger partial charge < -0.3 is 4.90 Å². The molecule has 0 saturated carbocycles. The summed E-state index contributed by atoms with van der Waals surface area (Å²) in [5.74, 6) is 0.838. The molecule has 0 fully saturated rings. The second-order valence-corrected chi connectivity index (χ2v) is 3.58. The lowest BCUT2D eigenvalue weighted by molar-refractivity contribution is 0.200. The molecule has 0 saturated heterocycles. The average molecular weight is 157 g/mol. The zero-order valence-electron chi connectivity index (χ0n) is 8.72. The maximum atomic E-state index is 2.42. The topological polar surface area (TPSA) is 3.24 Å². The standard InChI is InChI=1S/C10H23N/c1-6-8-9(3)10(4)11(5)7-2/h9-10H,6-8H2,1-5H3/t9?,10-/m0/s1. The SMILES string of the molecule is CCCC(C)[C@H](C)N(C)CC. The lowest BCUT2D eigenvalue weighted by Gasteiger charge is -2.28. The van der Waals surface area contributed by atoms with Gasteiger partial charge in [0, 0.05) is 6.04 Å². The Balaban J connectivity index is 3.70. The van der Waals surface area contributed by atoms with Crippen LogP contribution in [-0.4, -0.2) is 24.5 Å². The monoisotopic (exact) mass is 157 g/mol. The Hall–Kier alpha value is -0.0400. The Morgan fingerprint density at radius 2 is 1.73 bits per heavy atom. The molecule has 0 N–H and O–H groups in total. The first kappa shape index (κ1) is 11.0. The van der Waals surface area contributed by atoms with Crippen LogP contribution in [0.1, 0.15) is 40.5 Å². The van der Waals surface area contributed by atoms with Gasteiger partial charge in [-0.2, -0.15) is 0 Å². The quantitative estimate of drug-likeness (QED) is 0.593. The molecule has 0 amide bonds. The third-order valence-electron chi connectivity index (χ3n) is 2.76. The predicted octanol–water partition coefficient (Wildman–Crippen LogP) is 2.76. The van der Waals surface area contributed by atoms with E-state index in [1.54, 1.807) is 0 Å². The first-order valence-corrected chi connectivity index (χ1v) is 4.83. The summed E-state index contributed by atoms with van der Waals surface area (Å²) in [5.41, 5.74) is 0. The highest BCUT2D eigenvalue weighted by atomic mass is 15.1. The van der Waals surface area contributed by atoms with E-state index in [-0.39, 0.29) is 0 Å². The normalized spacial score (nSPS) is 16.9. The largest absolute Gasteiger partial charge is 0.304 e. The summed E-state index contributed by atoms with van der Waals surface area (Å²) >= 11 is 0. The van der Waals surface area contributed by atoms with Gasteiger partial charge in [0.05, 0.1) is 0 Å². The van der Waals surface area contributed by atoms with Crippen LogP contribution in [0.5, 0.6) is 0 Å². The number of hydrogen-bond acceptors (Lipinski definition) is 1. The van der Waals surface area contributed by atoms with E-state index in [2.05, 4.69) is 39.6 Å². The molecule has 0 heterocycles. The van der Waals surface area contributed by atoms with E-state index in [0.717, 1.165) is 18.5 Å². The molecule has 0 bridgehead atoms. The first-order valence-electron chi connectivity index (χ1n) is 4.83. The van der Waals surface area contributed by atoms with E-state index < -0.39 is 0 Å². The fraction of sp³-hybridized carbons (Fsp3) is 1.00. The van der Waals surface area contributed by atoms with Crippen LogP contribution in [-0.2, 0) is 0 Å². The van der Waals surface area contributed by atoms with Crippen LogP contribution >= 0.6 is 0 Å². The molecule has 0 aliphatic heterocycles. The van der Waals surface area contributed by atoms with Gasteiger partial charge in [0.15, 0.2) is 0 Å². The van der Waals surface area contributed by atoms with Crippen LogP contribution in [0.2, 0.25) is 0 Å². The predicted molar refractivity (Wildman–Crippen MR) is 51.8 cm³/mol. The van der Waals surface area contributed by atoms with E-state index in [0.29, 0.717) is 0 Å². The number of rotatable bonds is 5. The molecule has 1 heteroatoms. The van der Waals surface area contributed by atoms with Crippen molar-refractivity contribution in [3.05, 3.63) is 0 Å². The molecule has 68 valence electrons. The molecule has 0 aliphatic carbocycles. The summed E-state index contributed by atoms with van der Waals surface area (Å²) in [6, 6.07) is 0.736. The van der Waals surface area contributed by atoms with Crippen molar-refractivity contribution in [3.63, 3.8) is 0 Å². The van der Waals surface area contributed by atoms with E-state index >= 15 is 0 Å². The van der Waals surface area contributed by atoms with Gasteiger partial charge in [-0.05, 0) is 32.9 Å². The van der Waals surface area contributed by atoms with Crippen molar-refractivity contribution in [2.75, 3.05) is 13.6 Å². The van der Waals surface area contributed by atoms with Crippen LogP contribution in [0.4, 0.5) is 0 Å². The Morgan fingerprint density at radius 1 is 1.18 bits per heavy atom. The second-order valence-electron chi connectivity index (χ2n) is 3.58. The molecule has 1 nitrogen and oxygen atoms in total. The van der Waals surface area contributed by atoms with E-state index in [1.165, 1.54) is 12.8 Å². The van der Waals surface area contributed by atoms with Crippen LogP contribution in [0, 0.1) is 5.92 Å². The van der Waals surface area contributed by atoms with Gasteiger partial charge in [-0.1, -0.05) is 27.2 Å². The minimum atomic E-state index is 0.736. The van der Waals surface area contributed by atoms with Crippen LogP contribution in [0.15, 0.2) is 0 Å². The van der Waals surface area contributed by atoms with E-state index in [9.17, 15) is 0 Å². The van der Waals surface area contributed by atoms with E-state index in [1.807, 2.05) is 0 Å². The third-order valence-corrected chi connectivity index (χ3v) is 2.76. The molecule has 0 rings (SSSR count). The summed E-state index contributed by atoms with van der Waals surface area (Å²) in [4.78, 5) is 2.42. The van der Waals surface area contributed by atoms with Gasteiger partial charge >= 0.3 is 0 Å². The molecule has 11 heavy (non-hydrogen) atoms. The van der Waals surface area contributed by atoms with Gasteiger partial charge in [0.1, 0.15) is 0 Å². The maximum absolute atomic E-state index is 2.42. The van der Waals surface area contributed by atoms with Crippen LogP contribution < -0.4 is 0 Å². The van der Waals surface area contributed by atoms with Crippen LogP contribution in [0.25, 0.3) is 0 Å². The van der Waals surface area contributed by atoms with Gasteiger partial charge in [-0.15, -0.1) is 0 Å². The summed E-state index contributed by atoms with van der Waals surface area (Å²) in [6.07, 6.45) is 2.66. The summed E-state index contributed by atoms with van der Waals surface area (Å²) < 4.78 is 0. The van der Waals surface area contributed by atoms with Crippen molar-refractivity contribution in [1.82, 2.24) is 4.90 Å². The lowest BCUT2D eigenvalue weighted by atomic mass is 9.97. The van der Waals surface area contributed by atoms with Crippen molar-refractivity contribution in [2.24, 2.45) is 5.92 Å². The third kappa shape index (κ3) is 3.76. The highest BCUT2D eigenvalue weighted by Crippen LogP contribution is 2.14. The molecular weight excluding hydrogens is 134 g/mol. The number of hydrogen-bond donors (Lipinski definition) is 0. The molecule has 0 radical (unpaired) electrons. The Morgan fingerprint density at radius 3 is 2.09 bits per heavy atom. The van der Waals surface area contributed by atoms with Gasteiger partial charge in [0.25, 0.3) is 0 Å². The maximum Gasteiger partial charge on any atom is 0.00893 e. The molecular formula is C10H23N. The fourth-order valence-electron chi connectivity index (χ4n) is 1.42. The fourth-order valence-corrected chi connectivity index (χ4v) is 1.42.